The number of ether oxygens (including phenoxy) is 1. The standard InChI is InChI=1S/C9H14N2O2/c1-3-4-7-5-8(9(12)13-2)11(10)6-7/h5-6H,3-4,10H2,1-2H3. The molecule has 1 aromatic rings. The van der Waals surface area contributed by atoms with E-state index >= 15 is 0 Å². The van der Waals surface area contributed by atoms with Gasteiger partial charge in [0.1, 0.15) is 5.69 Å². The van der Waals surface area contributed by atoms with Gasteiger partial charge in [-0.1, -0.05) is 13.3 Å². The van der Waals surface area contributed by atoms with Gasteiger partial charge in [0.2, 0.25) is 0 Å². The minimum absolute atomic E-state index is 0.394. The van der Waals surface area contributed by atoms with Crippen LogP contribution >= 0.6 is 0 Å². The van der Waals surface area contributed by atoms with Crippen LogP contribution < -0.4 is 5.84 Å². The third-order valence-corrected chi connectivity index (χ3v) is 1.84. The minimum atomic E-state index is -0.398. The zero-order valence-corrected chi connectivity index (χ0v) is 7.91. The van der Waals surface area contributed by atoms with E-state index in [2.05, 4.69) is 11.7 Å². The topological polar surface area (TPSA) is 57.2 Å². The van der Waals surface area contributed by atoms with Crippen molar-refractivity contribution in [1.29, 1.82) is 0 Å². The van der Waals surface area contributed by atoms with Gasteiger partial charge in [0.05, 0.1) is 7.11 Å². The van der Waals surface area contributed by atoms with Crippen molar-refractivity contribution in [3.63, 3.8) is 0 Å². The summed E-state index contributed by atoms with van der Waals surface area (Å²) in [5.74, 6) is 5.17. The zero-order chi connectivity index (χ0) is 9.84. The molecule has 13 heavy (non-hydrogen) atoms. The molecule has 0 spiro atoms. The fourth-order valence-corrected chi connectivity index (χ4v) is 1.23. The number of carbonyl (C=O) groups is 1. The highest BCUT2D eigenvalue weighted by atomic mass is 16.5. The normalized spacial score (nSPS) is 10.0. The molecule has 1 rings (SSSR count). The van der Waals surface area contributed by atoms with E-state index in [0.29, 0.717) is 5.69 Å². The molecule has 0 atom stereocenters. The lowest BCUT2D eigenvalue weighted by Gasteiger charge is -1.98. The fraction of sp³-hybridized carbons (Fsp3) is 0.444. The van der Waals surface area contributed by atoms with Crippen LogP contribution in [0.5, 0.6) is 0 Å². The summed E-state index contributed by atoms with van der Waals surface area (Å²) in [6.45, 7) is 2.08. The largest absolute Gasteiger partial charge is 0.464 e. The Morgan fingerprint density at radius 1 is 1.69 bits per heavy atom. The Balaban J connectivity index is 2.89. The van der Waals surface area contributed by atoms with Gasteiger partial charge in [-0.25, -0.2) is 4.79 Å². The van der Waals surface area contributed by atoms with Gasteiger partial charge in [-0.05, 0) is 18.1 Å². The first kappa shape index (κ1) is 9.64. The van der Waals surface area contributed by atoms with E-state index < -0.39 is 5.97 Å². The van der Waals surface area contributed by atoms with Gasteiger partial charge in [-0.3, -0.25) is 4.68 Å². The number of hydrogen-bond donors (Lipinski definition) is 1. The van der Waals surface area contributed by atoms with Crippen LogP contribution in [0.3, 0.4) is 0 Å². The highest BCUT2D eigenvalue weighted by Crippen LogP contribution is 2.08. The smallest absolute Gasteiger partial charge is 0.356 e. The Bertz CT molecular complexity index is 305. The summed E-state index contributed by atoms with van der Waals surface area (Å²) >= 11 is 0. The molecule has 0 amide bonds. The maximum Gasteiger partial charge on any atom is 0.356 e. The SMILES string of the molecule is CCCc1cc(C(=O)OC)n(N)c1. The van der Waals surface area contributed by atoms with E-state index in [0.717, 1.165) is 18.4 Å². The predicted octanol–water partition coefficient (Wildman–Crippen LogP) is 0.941. The Labute approximate surface area is 77.3 Å². The Hall–Kier alpha value is -1.45. The molecule has 0 aliphatic heterocycles. The Morgan fingerprint density at radius 3 is 2.92 bits per heavy atom. The first-order chi connectivity index (χ1) is 6.19. The number of aromatic nitrogens is 1. The molecule has 0 bridgehead atoms. The van der Waals surface area contributed by atoms with Gasteiger partial charge in [-0.15, -0.1) is 0 Å². The quantitative estimate of drug-likeness (QED) is 0.559. The van der Waals surface area contributed by atoms with Crippen LogP contribution in [0.2, 0.25) is 0 Å². The van der Waals surface area contributed by atoms with Gasteiger partial charge in [0, 0.05) is 6.20 Å². The van der Waals surface area contributed by atoms with Gasteiger partial charge >= 0.3 is 5.97 Å². The Kier molecular flexibility index (Phi) is 2.95. The lowest BCUT2D eigenvalue weighted by atomic mass is 10.2. The van der Waals surface area contributed by atoms with Gasteiger partial charge in [0.25, 0.3) is 0 Å². The molecule has 0 saturated carbocycles. The summed E-state index contributed by atoms with van der Waals surface area (Å²) in [5, 5.41) is 0. The van der Waals surface area contributed by atoms with Crippen molar-refractivity contribution in [2.45, 2.75) is 19.8 Å². The molecular weight excluding hydrogens is 168 g/mol. The van der Waals surface area contributed by atoms with Crippen molar-refractivity contribution >= 4 is 5.97 Å². The number of carbonyl (C=O) groups excluding carboxylic acids is 1. The van der Waals surface area contributed by atoms with Crippen molar-refractivity contribution in [3.8, 4) is 0 Å². The molecule has 4 nitrogen and oxygen atoms in total. The maximum atomic E-state index is 11.1. The number of aryl methyl sites for hydroxylation is 1. The third kappa shape index (κ3) is 2.02. The first-order valence-electron chi connectivity index (χ1n) is 4.23. The number of nitrogens with zero attached hydrogens (tertiary/aromatic N) is 1. The maximum absolute atomic E-state index is 11.1. The van der Waals surface area contributed by atoms with Crippen LogP contribution in [-0.4, -0.2) is 17.8 Å². The highest BCUT2D eigenvalue weighted by molar-refractivity contribution is 5.87. The molecule has 0 aliphatic rings. The third-order valence-electron chi connectivity index (χ3n) is 1.84. The lowest BCUT2D eigenvalue weighted by molar-refractivity contribution is 0.0591. The predicted molar refractivity (Wildman–Crippen MR) is 49.9 cm³/mol. The minimum Gasteiger partial charge on any atom is -0.464 e. The summed E-state index contributed by atoms with van der Waals surface area (Å²) in [7, 11) is 1.34. The number of nitrogen functional groups attached to an aromatic ring is 1. The highest BCUT2D eigenvalue weighted by Gasteiger charge is 2.11. The van der Waals surface area contributed by atoms with Crippen molar-refractivity contribution in [1.82, 2.24) is 4.68 Å². The molecule has 0 saturated heterocycles. The van der Waals surface area contributed by atoms with Crippen LogP contribution in [0.25, 0.3) is 0 Å². The van der Waals surface area contributed by atoms with Crippen molar-refractivity contribution < 1.29 is 9.53 Å². The van der Waals surface area contributed by atoms with E-state index in [1.807, 2.05) is 0 Å². The van der Waals surface area contributed by atoms with Gasteiger partial charge in [-0.2, -0.15) is 0 Å². The average molecular weight is 182 g/mol. The van der Waals surface area contributed by atoms with E-state index in [4.69, 9.17) is 5.84 Å². The van der Waals surface area contributed by atoms with Crippen molar-refractivity contribution in [2.75, 3.05) is 13.0 Å². The number of nitrogens with two attached hydrogens (primary N) is 1. The summed E-state index contributed by atoms with van der Waals surface area (Å²) in [5.41, 5.74) is 1.45. The monoisotopic (exact) mass is 182 g/mol. The molecule has 1 heterocycles. The molecular formula is C9H14N2O2. The summed E-state index contributed by atoms with van der Waals surface area (Å²) < 4.78 is 5.87. The Morgan fingerprint density at radius 2 is 2.38 bits per heavy atom. The fourth-order valence-electron chi connectivity index (χ4n) is 1.23. The van der Waals surface area contributed by atoms with Crippen molar-refractivity contribution in [2.24, 2.45) is 0 Å². The molecule has 72 valence electrons. The molecule has 0 unspecified atom stereocenters. The van der Waals surface area contributed by atoms with E-state index in [1.54, 1.807) is 12.3 Å². The molecule has 1 aromatic heterocycles. The summed E-state index contributed by atoms with van der Waals surface area (Å²) in [6, 6.07) is 1.76. The second-order valence-corrected chi connectivity index (χ2v) is 2.88. The summed E-state index contributed by atoms with van der Waals surface area (Å²) in [6.07, 6.45) is 3.70. The lowest BCUT2D eigenvalue weighted by Crippen LogP contribution is -2.15. The van der Waals surface area contributed by atoms with Crippen LogP contribution in [0, 0.1) is 0 Å². The second-order valence-electron chi connectivity index (χ2n) is 2.88. The number of esters is 1. The van der Waals surface area contributed by atoms with Gasteiger partial charge < -0.3 is 10.6 Å². The molecule has 0 radical (unpaired) electrons. The van der Waals surface area contributed by atoms with Crippen LogP contribution in [0.4, 0.5) is 0 Å². The molecule has 0 fully saturated rings. The second kappa shape index (κ2) is 3.98. The molecule has 4 heteroatoms. The van der Waals surface area contributed by atoms with Crippen molar-refractivity contribution in [3.05, 3.63) is 23.5 Å². The van der Waals surface area contributed by atoms with E-state index in [1.165, 1.54) is 11.8 Å². The van der Waals surface area contributed by atoms with Gasteiger partial charge in [0.15, 0.2) is 0 Å². The van der Waals surface area contributed by atoms with Crippen LogP contribution in [0.15, 0.2) is 12.3 Å². The van der Waals surface area contributed by atoms with Crippen LogP contribution in [-0.2, 0) is 11.2 Å². The number of methoxy groups -OCH3 is 1. The number of hydrogen-bond acceptors (Lipinski definition) is 3. The van der Waals surface area contributed by atoms with E-state index in [9.17, 15) is 4.79 Å². The first-order valence-corrected chi connectivity index (χ1v) is 4.23. The number of rotatable bonds is 3. The molecule has 0 aromatic carbocycles. The zero-order valence-electron chi connectivity index (χ0n) is 7.91. The summed E-state index contributed by atoms with van der Waals surface area (Å²) in [4.78, 5) is 11.1. The van der Waals surface area contributed by atoms with Crippen LogP contribution in [0.1, 0.15) is 29.4 Å². The molecule has 0 aliphatic carbocycles. The average Bonchev–Trinajstić information content (AvgIpc) is 2.46. The van der Waals surface area contributed by atoms with E-state index in [-0.39, 0.29) is 0 Å². The molecule has 2 N–H and O–H groups in total.